The Morgan fingerprint density at radius 2 is 1.90 bits per heavy atom. The van der Waals surface area contributed by atoms with E-state index >= 15 is 0 Å². The summed E-state index contributed by atoms with van der Waals surface area (Å²) in [6.07, 6.45) is 4.15. The van der Waals surface area contributed by atoms with Gasteiger partial charge in [0.25, 0.3) is 0 Å². The first-order valence-corrected chi connectivity index (χ1v) is 7.89. The van der Waals surface area contributed by atoms with Crippen molar-refractivity contribution in [2.75, 3.05) is 0 Å². The van der Waals surface area contributed by atoms with Crippen LogP contribution in [0.2, 0.25) is 5.02 Å². The number of esters is 1. The Morgan fingerprint density at radius 1 is 1.14 bits per heavy atom. The van der Waals surface area contributed by atoms with E-state index in [1.807, 2.05) is 24.3 Å². The zero-order valence-electron chi connectivity index (χ0n) is 12.1. The van der Waals surface area contributed by atoms with Gasteiger partial charge in [0, 0.05) is 17.9 Å². The average Bonchev–Trinajstić information content (AvgIpc) is 2.48. The van der Waals surface area contributed by atoms with Crippen molar-refractivity contribution in [1.82, 2.24) is 0 Å². The van der Waals surface area contributed by atoms with E-state index in [1.165, 1.54) is 17.7 Å². The van der Waals surface area contributed by atoms with Crippen LogP contribution in [0, 0.1) is 0 Å². The number of fused-ring (bicyclic) bond motifs is 1. The van der Waals surface area contributed by atoms with Crippen molar-refractivity contribution >= 4 is 28.3 Å². The zero-order valence-corrected chi connectivity index (χ0v) is 12.9. The molecule has 0 heterocycles. The molecule has 0 aromatic heterocycles. The van der Waals surface area contributed by atoms with Crippen molar-refractivity contribution in [3.63, 3.8) is 0 Å². The fourth-order valence-electron chi connectivity index (χ4n) is 3.43. The maximum absolute atomic E-state index is 11.4. The van der Waals surface area contributed by atoms with Crippen LogP contribution in [0.1, 0.15) is 44.1 Å². The highest BCUT2D eigenvalue weighted by Gasteiger charge is 2.31. The van der Waals surface area contributed by atoms with Gasteiger partial charge in [-0.3, -0.25) is 4.79 Å². The summed E-state index contributed by atoms with van der Waals surface area (Å²) in [6.45, 7) is 1.48. The lowest BCUT2D eigenvalue weighted by atomic mass is 9.79. The SMILES string of the molecule is CC(=O)O[C@@H]1CCCC[C@@H]1c1c(Cl)ccc2ccccc12. The predicted octanol–water partition coefficient (Wildman–Crippen LogP) is 5.08. The summed E-state index contributed by atoms with van der Waals surface area (Å²) < 4.78 is 5.56. The Kier molecular flexibility index (Phi) is 4.16. The van der Waals surface area contributed by atoms with Crippen LogP contribution < -0.4 is 0 Å². The van der Waals surface area contributed by atoms with Gasteiger partial charge < -0.3 is 4.74 Å². The minimum Gasteiger partial charge on any atom is -0.462 e. The van der Waals surface area contributed by atoms with Crippen molar-refractivity contribution in [2.45, 2.75) is 44.6 Å². The highest BCUT2D eigenvalue weighted by molar-refractivity contribution is 6.32. The number of rotatable bonds is 2. The number of hydrogen-bond acceptors (Lipinski definition) is 2. The van der Waals surface area contributed by atoms with E-state index in [4.69, 9.17) is 16.3 Å². The third-order valence-electron chi connectivity index (χ3n) is 4.31. The van der Waals surface area contributed by atoms with E-state index < -0.39 is 0 Å². The fourth-order valence-corrected chi connectivity index (χ4v) is 3.73. The molecule has 2 aromatic rings. The molecule has 1 aliphatic rings. The maximum atomic E-state index is 11.4. The van der Waals surface area contributed by atoms with Gasteiger partial charge >= 0.3 is 5.97 Å². The lowest BCUT2D eigenvalue weighted by Gasteiger charge is -2.32. The Bertz CT molecular complexity index is 665. The summed E-state index contributed by atoms with van der Waals surface area (Å²) in [6, 6.07) is 12.3. The molecule has 0 amide bonds. The standard InChI is InChI=1S/C18H19ClO2/c1-12(20)21-17-9-5-4-8-15(17)18-14-7-3-2-6-13(14)10-11-16(18)19/h2-3,6-7,10-11,15,17H,4-5,8-9H2,1H3/t15-,17+/m0/s1. The normalized spacial score (nSPS) is 22.2. The molecular weight excluding hydrogens is 284 g/mol. The van der Waals surface area contributed by atoms with Gasteiger partial charge in [-0.05, 0) is 41.7 Å². The van der Waals surface area contributed by atoms with Gasteiger partial charge in [0.05, 0.1) is 0 Å². The van der Waals surface area contributed by atoms with Crippen molar-refractivity contribution in [1.29, 1.82) is 0 Å². The summed E-state index contributed by atoms with van der Waals surface area (Å²) in [5, 5.41) is 3.14. The van der Waals surface area contributed by atoms with Gasteiger partial charge in [0.2, 0.25) is 0 Å². The number of halogens is 1. The predicted molar refractivity (Wildman–Crippen MR) is 85.7 cm³/mol. The molecule has 1 saturated carbocycles. The van der Waals surface area contributed by atoms with Crippen LogP contribution in [0.15, 0.2) is 36.4 Å². The second kappa shape index (κ2) is 6.07. The quantitative estimate of drug-likeness (QED) is 0.723. The molecule has 0 saturated heterocycles. The third kappa shape index (κ3) is 2.91. The Labute approximate surface area is 130 Å². The number of carbonyl (C=O) groups is 1. The van der Waals surface area contributed by atoms with Crippen LogP contribution in [0.25, 0.3) is 10.8 Å². The van der Waals surface area contributed by atoms with E-state index in [-0.39, 0.29) is 18.0 Å². The van der Waals surface area contributed by atoms with Crippen LogP contribution in [0.4, 0.5) is 0 Å². The molecule has 3 heteroatoms. The molecule has 2 nitrogen and oxygen atoms in total. The smallest absolute Gasteiger partial charge is 0.302 e. The molecule has 0 radical (unpaired) electrons. The molecule has 21 heavy (non-hydrogen) atoms. The van der Waals surface area contributed by atoms with E-state index in [1.54, 1.807) is 0 Å². The van der Waals surface area contributed by atoms with Crippen LogP contribution in [0.5, 0.6) is 0 Å². The third-order valence-corrected chi connectivity index (χ3v) is 4.64. The van der Waals surface area contributed by atoms with Crippen LogP contribution >= 0.6 is 11.6 Å². The van der Waals surface area contributed by atoms with Crippen LogP contribution in [0.3, 0.4) is 0 Å². The van der Waals surface area contributed by atoms with E-state index in [9.17, 15) is 4.79 Å². The highest BCUT2D eigenvalue weighted by atomic mass is 35.5. The summed E-state index contributed by atoms with van der Waals surface area (Å²) >= 11 is 6.50. The van der Waals surface area contributed by atoms with Crippen LogP contribution in [-0.2, 0) is 9.53 Å². The van der Waals surface area contributed by atoms with Gasteiger partial charge in [-0.15, -0.1) is 0 Å². The number of ether oxygens (including phenoxy) is 1. The highest BCUT2D eigenvalue weighted by Crippen LogP contribution is 2.41. The lowest BCUT2D eigenvalue weighted by Crippen LogP contribution is -2.28. The number of benzene rings is 2. The fraction of sp³-hybridized carbons (Fsp3) is 0.389. The minimum absolute atomic E-state index is 0.0560. The van der Waals surface area contributed by atoms with Gasteiger partial charge in [-0.25, -0.2) is 0 Å². The van der Waals surface area contributed by atoms with Gasteiger partial charge in [0.15, 0.2) is 0 Å². The largest absolute Gasteiger partial charge is 0.462 e. The van der Waals surface area contributed by atoms with Crippen LogP contribution in [-0.4, -0.2) is 12.1 Å². The molecule has 0 N–H and O–H groups in total. The lowest BCUT2D eigenvalue weighted by molar-refractivity contribution is -0.148. The monoisotopic (exact) mass is 302 g/mol. The molecule has 1 aliphatic carbocycles. The molecule has 2 aromatic carbocycles. The molecule has 0 unspecified atom stereocenters. The summed E-state index contributed by atoms with van der Waals surface area (Å²) in [5.74, 6) is -0.00971. The topological polar surface area (TPSA) is 26.3 Å². The second-order valence-corrected chi connectivity index (χ2v) is 6.13. The van der Waals surface area contributed by atoms with Gasteiger partial charge in [0.1, 0.15) is 6.10 Å². The minimum atomic E-state index is -0.205. The molecule has 0 spiro atoms. The van der Waals surface area contributed by atoms with Crippen molar-refractivity contribution in [2.24, 2.45) is 0 Å². The molecule has 0 bridgehead atoms. The first-order chi connectivity index (χ1) is 10.2. The number of hydrogen-bond donors (Lipinski definition) is 0. The van der Waals surface area contributed by atoms with Crippen molar-refractivity contribution < 1.29 is 9.53 Å². The maximum Gasteiger partial charge on any atom is 0.302 e. The molecular formula is C18H19ClO2. The molecule has 110 valence electrons. The molecule has 1 fully saturated rings. The number of carbonyl (C=O) groups excluding carboxylic acids is 1. The first-order valence-electron chi connectivity index (χ1n) is 7.51. The molecule has 3 rings (SSSR count). The first kappa shape index (κ1) is 14.4. The van der Waals surface area contributed by atoms with E-state index in [0.29, 0.717) is 0 Å². The van der Waals surface area contributed by atoms with E-state index in [0.717, 1.165) is 36.3 Å². The van der Waals surface area contributed by atoms with Crippen molar-refractivity contribution in [3.05, 3.63) is 47.0 Å². The summed E-state index contributed by atoms with van der Waals surface area (Å²) in [5.41, 5.74) is 1.14. The van der Waals surface area contributed by atoms with Gasteiger partial charge in [-0.1, -0.05) is 48.4 Å². The second-order valence-electron chi connectivity index (χ2n) is 5.72. The molecule has 0 aliphatic heterocycles. The average molecular weight is 303 g/mol. The zero-order chi connectivity index (χ0) is 14.8. The van der Waals surface area contributed by atoms with E-state index in [2.05, 4.69) is 12.1 Å². The Morgan fingerprint density at radius 3 is 2.71 bits per heavy atom. The molecule has 2 atom stereocenters. The Hall–Kier alpha value is -1.54. The van der Waals surface area contributed by atoms with Gasteiger partial charge in [-0.2, -0.15) is 0 Å². The summed E-state index contributed by atoms with van der Waals surface area (Å²) in [7, 11) is 0. The van der Waals surface area contributed by atoms with Crippen molar-refractivity contribution in [3.8, 4) is 0 Å². The Balaban J connectivity index is 2.08. The summed E-state index contributed by atoms with van der Waals surface area (Å²) in [4.78, 5) is 11.4.